The third-order valence-electron chi connectivity index (χ3n) is 2.63. The molecular formula is C14H16ClNO. The average Bonchev–Trinajstić information content (AvgIpc) is 2.77. The molecule has 0 saturated carbocycles. The number of halogens is 1. The number of hydrogen-bond donors (Lipinski definition) is 0. The first-order valence-corrected chi connectivity index (χ1v) is 6.26. The number of benzene rings is 1. The number of allylic oxidation sites excluding steroid dienone is 1. The number of aromatic nitrogens is 1. The van der Waals surface area contributed by atoms with Gasteiger partial charge in [-0.2, -0.15) is 0 Å². The standard InChI is InChI=1S/C14H16ClNO/c1-2-11-17-14-6-3-5-13-12(14)7-10-16(13)9-4-8-15/h3-8,10H,2,9,11H2,1H3/b8-4+. The summed E-state index contributed by atoms with van der Waals surface area (Å²) in [5, 5.41) is 1.16. The maximum Gasteiger partial charge on any atom is 0.128 e. The Kier molecular flexibility index (Phi) is 4.10. The summed E-state index contributed by atoms with van der Waals surface area (Å²) in [4.78, 5) is 0. The summed E-state index contributed by atoms with van der Waals surface area (Å²) in [7, 11) is 0. The fraction of sp³-hybridized carbons (Fsp3) is 0.286. The molecule has 0 aliphatic carbocycles. The lowest BCUT2D eigenvalue weighted by atomic mass is 10.2. The van der Waals surface area contributed by atoms with Crippen molar-refractivity contribution in [2.45, 2.75) is 19.9 Å². The van der Waals surface area contributed by atoms with E-state index >= 15 is 0 Å². The zero-order valence-electron chi connectivity index (χ0n) is 9.90. The molecule has 90 valence electrons. The van der Waals surface area contributed by atoms with Crippen molar-refractivity contribution >= 4 is 22.5 Å². The van der Waals surface area contributed by atoms with Gasteiger partial charge in [0.05, 0.1) is 12.1 Å². The molecule has 0 N–H and O–H groups in total. The molecule has 2 rings (SSSR count). The van der Waals surface area contributed by atoms with Gasteiger partial charge in [0, 0.05) is 23.7 Å². The molecule has 1 heterocycles. The molecule has 0 unspecified atom stereocenters. The fourth-order valence-electron chi connectivity index (χ4n) is 1.85. The maximum atomic E-state index is 5.73. The molecule has 0 spiro atoms. The Morgan fingerprint density at radius 1 is 1.35 bits per heavy atom. The Labute approximate surface area is 106 Å². The minimum Gasteiger partial charge on any atom is -0.493 e. The largest absolute Gasteiger partial charge is 0.493 e. The van der Waals surface area contributed by atoms with E-state index in [0.29, 0.717) is 0 Å². The van der Waals surface area contributed by atoms with E-state index in [0.717, 1.165) is 30.7 Å². The molecule has 1 aromatic heterocycles. The Morgan fingerprint density at radius 3 is 3.00 bits per heavy atom. The van der Waals surface area contributed by atoms with Crippen molar-refractivity contribution in [2.24, 2.45) is 0 Å². The summed E-state index contributed by atoms with van der Waals surface area (Å²) in [5.41, 5.74) is 2.72. The third kappa shape index (κ3) is 2.64. The number of ether oxygens (including phenoxy) is 1. The lowest BCUT2D eigenvalue weighted by Gasteiger charge is -2.07. The summed E-state index contributed by atoms with van der Waals surface area (Å²) in [6.07, 6.45) is 4.99. The first-order valence-electron chi connectivity index (χ1n) is 5.82. The predicted molar refractivity (Wildman–Crippen MR) is 72.7 cm³/mol. The van der Waals surface area contributed by atoms with Gasteiger partial charge in [-0.25, -0.2) is 0 Å². The number of rotatable bonds is 5. The van der Waals surface area contributed by atoms with E-state index in [1.54, 1.807) is 5.54 Å². The topological polar surface area (TPSA) is 14.2 Å². The van der Waals surface area contributed by atoms with Crippen LogP contribution in [0.3, 0.4) is 0 Å². The van der Waals surface area contributed by atoms with Crippen LogP contribution in [0.2, 0.25) is 0 Å². The van der Waals surface area contributed by atoms with E-state index < -0.39 is 0 Å². The van der Waals surface area contributed by atoms with Gasteiger partial charge in [-0.05, 0) is 24.6 Å². The highest BCUT2D eigenvalue weighted by Gasteiger charge is 2.05. The quantitative estimate of drug-likeness (QED) is 0.775. The van der Waals surface area contributed by atoms with E-state index in [9.17, 15) is 0 Å². The van der Waals surface area contributed by atoms with Gasteiger partial charge in [0.25, 0.3) is 0 Å². The van der Waals surface area contributed by atoms with Gasteiger partial charge in [-0.1, -0.05) is 30.7 Å². The van der Waals surface area contributed by atoms with Gasteiger partial charge in [0.15, 0.2) is 0 Å². The second-order valence-corrected chi connectivity index (χ2v) is 4.12. The zero-order valence-corrected chi connectivity index (χ0v) is 10.7. The van der Waals surface area contributed by atoms with Crippen LogP contribution in [0.25, 0.3) is 10.9 Å². The van der Waals surface area contributed by atoms with Crippen molar-refractivity contribution in [3.8, 4) is 5.75 Å². The van der Waals surface area contributed by atoms with E-state index in [2.05, 4.69) is 29.8 Å². The lowest BCUT2D eigenvalue weighted by Crippen LogP contribution is -1.96. The Hall–Kier alpha value is -1.41. The molecule has 3 heteroatoms. The second-order valence-electron chi connectivity index (χ2n) is 3.87. The zero-order chi connectivity index (χ0) is 12.1. The smallest absolute Gasteiger partial charge is 0.128 e. The SMILES string of the molecule is CCCOc1cccc2c1ccn2C/C=C/Cl. The van der Waals surface area contributed by atoms with Crippen molar-refractivity contribution in [1.82, 2.24) is 4.57 Å². The summed E-state index contributed by atoms with van der Waals surface area (Å²) in [6.45, 7) is 3.65. The highest BCUT2D eigenvalue weighted by molar-refractivity contribution is 6.25. The summed E-state index contributed by atoms with van der Waals surface area (Å²) < 4.78 is 7.87. The summed E-state index contributed by atoms with van der Waals surface area (Å²) in [5.74, 6) is 0.956. The van der Waals surface area contributed by atoms with E-state index in [1.165, 1.54) is 5.52 Å². The molecule has 2 nitrogen and oxygen atoms in total. The van der Waals surface area contributed by atoms with Crippen LogP contribution in [-0.2, 0) is 6.54 Å². The maximum absolute atomic E-state index is 5.73. The minimum atomic E-state index is 0.756. The lowest BCUT2D eigenvalue weighted by molar-refractivity contribution is 0.321. The highest BCUT2D eigenvalue weighted by Crippen LogP contribution is 2.26. The van der Waals surface area contributed by atoms with E-state index in [1.807, 2.05) is 18.2 Å². The van der Waals surface area contributed by atoms with Crippen molar-refractivity contribution in [3.63, 3.8) is 0 Å². The first-order chi connectivity index (χ1) is 8.36. The van der Waals surface area contributed by atoms with Crippen LogP contribution < -0.4 is 4.74 Å². The van der Waals surface area contributed by atoms with Crippen molar-refractivity contribution in [2.75, 3.05) is 6.61 Å². The predicted octanol–water partition coefficient (Wildman–Crippen LogP) is 4.18. The van der Waals surface area contributed by atoms with E-state index in [-0.39, 0.29) is 0 Å². The van der Waals surface area contributed by atoms with Gasteiger partial charge in [0.2, 0.25) is 0 Å². The monoisotopic (exact) mass is 249 g/mol. The van der Waals surface area contributed by atoms with Gasteiger partial charge >= 0.3 is 0 Å². The molecule has 1 aromatic carbocycles. The third-order valence-corrected chi connectivity index (χ3v) is 2.80. The molecule has 0 aliphatic heterocycles. The van der Waals surface area contributed by atoms with Crippen LogP contribution in [-0.4, -0.2) is 11.2 Å². The van der Waals surface area contributed by atoms with Gasteiger partial charge in [-0.3, -0.25) is 0 Å². The molecule has 0 radical (unpaired) electrons. The second kappa shape index (κ2) is 5.78. The Bertz CT molecular complexity index is 516. The van der Waals surface area contributed by atoms with Crippen LogP contribution in [0.1, 0.15) is 13.3 Å². The van der Waals surface area contributed by atoms with Crippen molar-refractivity contribution in [3.05, 3.63) is 42.1 Å². The highest BCUT2D eigenvalue weighted by atomic mass is 35.5. The van der Waals surface area contributed by atoms with Crippen molar-refractivity contribution < 1.29 is 4.74 Å². The first kappa shape index (κ1) is 12.1. The van der Waals surface area contributed by atoms with Crippen LogP contribution in [0.15, 0.2) is 42.1 Å². The molecule has 0 aliphatic rings. The number of hydrogen-bond acceptors (Lipinski definition) is 1. The molecule has 2 aromatic rings. The molecule has 0 bridgehead atoms. The summed E-state index contributed by atoms with van der Waals surface area (Å²) >= 11 is 5.55. The fourth-order valence-corrected chi connectivity index (χ4v) is 1.93. The molecule has 17 heavy (non-hydrogen) atoms. The van der Waals surface area contributed by atoms with Crippen molar-refractivity contribution in [1.29, 1.82) is 0 Å². The minimum absolute atomic E-state index is 0.756. The van der Waals surface area contributed by atoms with Crippen LogP contribution in [0.5, 0.6) is 5.75 Å². The Balaban J connectivity index is 2.34. The number of fused-ring (bicyclic) bond motifs is 1. The van der Waals surface area contributed by atoms with Gasteiger partial charge < -0.3 is 9.30 Å². The number of nitrogens with zero attached hydrogens (tertiary/aromatic N) is 1. The van der Waals surface area contributed by atoms with E-state index in [4.69, 9.17) is 16.3 Å². The molecular weight excluding hydrogens is 234 g/mol. The molecule has 0 fully saturated rings. The molecule has 0 atom stereocenters. The van der Waals surface area contributed by atoms with Gasteiger partial charge in [-0.15, -0.1) is 0 Å². The van der Waals surface area contributed by atoms with Crippen LogP contribution in [0, 0.1) is 0 Å². The normalized spacial score (nSPS) is 11.4. The molecule has 0 saturated heterocycles. The van der Waals surface area contributed by atoms with Gasteiger partial charge in [0.1, 0.15) is 5.75 Å². The average molecular weight is 250 g/mol. The van der Waals surface area contributed by atoms with Crippen LogP contribution in [0.4, 0.5) is 0 Å². The summed E-state index contributed by atoms with van der Waals surface area (Å²) in [6, 6.07) is 8.21. The Morgan fingerprint density at radius 2 is 2.24 bits per heavy atom. The molecule has 0 amide bonds. The van der Waals surface area contributed by atoms with Crippen LogP contribution >= 0.6 is 11.6 Å².